The van der Waals surface area contributed by atoms with Crippen molar-refractivity contribution in [3.8, 4) is 0 Å². The van der Waals surface area contributed by atoms with Gasteiger partial charge in [-0.2, -0.15) is 0 Å². The normalized spacial score (nSPS) is 29.6. The van der Waals surface area contributed by atoms with E-state index in [9.17, 15) is 0 Å². The predicted octanol–water partition coefficient (Wildman–Crippen LogP) is 4.89. The summed E-state index contributed by atoms with van der Waals surface area (Å²) in [5.41, 5.74) is 0.537. The minimum Gasteiger partial charge on any atom is -0.0625 e. The zero-order valence-electron chi connectivity index (χ0n) is 10.8. The summed E-state index contributed by atoms with van der Waals surface area (Å²) in [5.74, 6) is 2.95. The van der Waals surface area contributed by atoms with Crippen LogP contribution in [-0.4, -0.2) is 0 Å². The van der Waals surface area contributed by atoms with Crippen molar-refractivity contribution in [1.29, 1.82) is 0 Å². The van der Waals surface area contributed by atoms with Crippen LogP contribution in [0.3, 0.4) is 0 Å². The Morgan fingerprint density at radius 3 is 1.86 bits per heavy atom. The highest BCUT2D eigenvalue weighted by Crippen LogP contribution is 2.38. The molecular formula is C14H28. The molecule has 0 aromatic heterocycles. The van der Waals surface area contributed by atoms with Crippen molar-refractivity contribution in [3.05, 3.63) is 0 Å². The molecule has 0 amide bonds. The molecule has 0 aromatic carbocycles. The van der Waals surface area contributed by atoms with Gasteiger partial charge in [-0.3, -0.25) is 0 Å². The van der Waals surface area contributed by atoms with E-state index < -0.39 is 0 Å². The highest BCUT2D eigenvalue weighted by Gasteiger charge is 2.26. The molecule has 0 radical (unpaired) electrons. The van der Waals surface area contributed by atoms with E-state index in [4.69, 9.17) is 0 Å². The van der Waals surface area contributed by atoms with E-state index in [1.165, 1.54) is 32.1 Å². The molecule has 0 heterocycles. The molecule has 0 unspecified atom stereocenters. The van der Waals surface area contributed by atoms with E-state index in [-0.39, 0.29) is 0 Å². The van der Waals surface area contributed by atoms with E-state index in [1.807, 2.05) is 0 Å². The Bertz CT molecular complexity index is 153. The van der Waals surface area contributed by atoms with Crippen LogP contribution in [0.1, 0.15) is 66.7 Å². The van der Waals surface area contributed by atoms with E-state index in [0.29, 0.717) is 5.41 Å². The zero-order chi connectivity index (χ0) is 10.8. The standard InChI is InChI=1S/C14H28/c1-11(2)13-8-6-12(7-9-13)10-14(3,4)5/h11-13H,6-10H2,1-5H3. The minimum atomic E-state index is 0.537. The van der Waals surface area contributed by atoms with Crippen LogP contribution >= 0.6 is 0 Å². The summed E-state index contributed by atoms with van der Waals surface area (Å²) in [5, 5.41) is 0. The third-order valence-electron chi connectivity index (χ3n) is 3.74. The summed E-state index contributed by atoms with van der Waals surface area (Å²) in [4.78, 5) is 0. The van der Waals surface area contributed by atoms with E-state index >= 15 is 0 Å². The van der Waals surface area contributed by atoms with Gasteiger partial charge >= 0.3 is 0 Å². The molecule has 0 spiro atoms. The van der Waals surface area contributed by atoms with Gasteiger partial charge in [0.15, 0.2) is 0 Å². The largest absolute Gasteiger partial charge is 0.0625 e. The maximum absolute atomic E-state index is 2.38. The molecule has 14 heavy (non-hydrogen) atoms. The summed E-state index contributed by atoms with van der Waals surface area (Å²) >= 11 is 0. The molecule has 1 saturated carbocycles. The van der Waals surface area contributed by atoms with Gasteiger partial charge in [0, 0.05) is 0 Å². The molecule has 0 heteroatoms. The van der Waals surface area contributed by atoms with Crippen LogP contribution in [0.4, 0.5) is 0 Å². The Kier molecular flexibility index (Phi) is 4.04. The van der Waals surface area contributed by atoms with Crippen molar-refractivity contribution in [3.63, 3.8) is 0 Å². The Morgan fingerprint density at radius 1 is 1.00 bits per heavy atom. The molecule has 0 nitrogen and oxygen atoms in total. The zero-order valence-corrected chi connectivity index (χ0v) is 10.8. The first kappa shape index (κ1) is 12.1. The SMILES string of the molecule is CC(C)C1CCC(CC(C)(C)C)CC1. The Balaban J connectivity index is 2.29. The lowest BCUT2D eigenvalue weighted by Gasteiger charge is -2.34. The van der Waals surface area contributed by atoms with Crippen LogP contribution in [0.2, 0.25) is 0 Å². The maximum Gasteiger partial charge on any atom is -0.0380 e. The van der Waals surface area contributed by atoms with Crippen LogP contribution in [0.15, 0.2) is 0 Å². The van der Waals surface area contributed by atoms with Gasteiger partial charge < -0.3 is 0 Å². The van der Waals surface area contributed by atoms with E-state index in [1.54, 1.807) is 0 Å². The van der Waals surface area contributed by atoms with Crippen molar-refractivity contribution in [2.45, 2.75) is 66.7 Å². The first-order chi connectivity index (χ1) is 6.38. The average molecular weight is 196 g/mol. The van der Waals surface area contributed by atoms with Crippen molar-refractivity contribution in [1.82, 2.24) is 0 Å². The summed E-state index contributed by atoms with van der Waals surface area (Å²) < 4.78 is 0. The fourth-order valence-electron chi connectivity index (χ4n) is 2.93. The van der Waals surface area contributed by atoms with Gasteiger partial charge in [-0.25, -0.2) is 0 Å². The fraction of sp³-hybridized carbons (Fsp3) is 1.00. The Morgan fingerprint density at radius 2 is 1.50 bits per heavy atom. The minimum absolute atomic E-state index is 0.537. The summed E-state index contributed by atoms with van der Waals surface area (Å²) in [6.45, 7) is 11.9. The van der Waals surface area contributed by atoms with Gasteiger partial charge in [0.05, 0.1) is 0 Å². The second kappa shape index (κ2) is 4.68. The third kappa shape index (κ3) is 4.02. The number of rotatable bonds is 2. The van der Waals surface area contributed by atoms with Gasteiger partial charge in [0.1, 0.15) is 0 Å². The quantitative estimate of drug-likeness (QED) is 0.590. The van der Waals surface area contributed by atoms with Gasteiger partial charge in [-0.1, -0.05) is 47.5 Å². The van der Waals surface area contributed by atoms with E-state index in [2.05, 4.69) is 34.6 Å². The third-order valence-corrected chi connectivity index (χ3v) is 3.74. The van der Waals surface area contributed by atoms with Gasteiger partial charge in [0.2, 0.25) is 0 Å². The second-order valence-corrected chi connectivity index (χ2v) is 6.79. The van der Waals surface area contributed by atoms with Gasteiger partial charge in [0.25, 0.3) is 0 Å². The van der Waals surface area contributed by atoms with Gasteiger partial charge in [-0.05, 0) is 42.4 Å². The summed E-state index contributed by atoms with van der Waals surface area (Å²) in [6, 6.07) is 0. The van der Waals surface area contributed by atoms with Crippen molar-refractivity contribution >= 4 is 0 Å². The number of hydrogen-bond donors (Lipinski definition) is 0. The lowest BCUT2D eigenvalue weighted by molar-refractivity contribution is 0.179. The Labute approximate surface area is 90.5 Å². The molecule has 1 aliphatic carbocycles. The van der Waals surface area contributed by atoms with Crippen LogP contribution in [0.5, 0.6) is 0 Å². The average Bonchev–Trinajstić information content (AvgIpc) is 2.02. The molecule has 0 aromatic rings. The molecule has 0 bridgehead atoms. The Hall–Kier alpha value is 0. The number of hydrogen-bond acceptors (Lipinski definition) is 0. The summed E-state index contributed by atoms with van der Waals surface area (Å²) in [7, 11) is 0. The van der Waals surface area contributed by atoms with Crippen molar-refractivity contribution in [2.75, 3.05) is 0 Å². The molecule has 1 aliphatic rings. The molecule has 0 saturated heterocycles. The highest BCUT2D eigenvalue weighted by molar-refractivity contribution is 4.77. The van der Waals surface area contributed by atoms with Crippen LogP contribution in [0.25, 0.3) is 0 Å². The van der Waals surface area contributed by atoms with E-state index in [0.717, 1.165) is 17.8 Å². The predicted molar refractivity (Wildman–Crippen MR) is 64.4 cm³/mol. The molecule has 0 atom stereocenters. The molecule has 0 aliphatic heterocycles. The molecule has 1 fully saturated rings. The van der Waals surface area contributed by atoms with Crippen LogP contribution in [-0.2, 0) is 0 Å². The van der Waals surface area contributed by atoms with Crippen molar-refractivity contribution in [2.24, 2.45) is 23.2 Å². The second-order valence-electron chi connectivity index (χ2n) is 6.79. The lowest BCUT2D eigenvalue weighted by Crippen LogP contribution is -2.22. The maximum atomic E-state index is 2.38. The highest BCUT2D eigenvalue weighted by atomic mass is 14.3. The molecular weight excluding hydrogens is 168 g/mol. The smallest absolute Gasteiger partial charge is 0.0380 e. The lowest BCUT2D eigenvalue weighted by atomic mass is 9.72. The topological polar surface area (TPSA) is 0 Å². The first-order valence-electron chi connectivity index (χ1n) is 6.38. The summed E-state index contributed by atoms with van der Waals surface area (Å²) in [6.07, 6.45) is 7.37. The first-order valence-corrected chi connectivity index (χ1v) is 6.38. The van der Waals surface area contributed by atoms with Crippen LogP contribution in [0, 0.1) is 23.2 Å². The van der Waals surface area contributed by atoms with Crippen molar-refractivity contribution < 1.29 is 0 Å². The molecule has 84 valence electrons. The molecule has 0 N–H and O–H groups in total. The molecule has 1 rings (SSSR count). The fourth-order valence-corrected chi connectivity index (χ4v) is 2.93. The van der Waals surface area contributed by atoms with Crippen LogP contribution < -0.4 is 0 Å². The van der Waals surface area contributed by atoms with Gasteiger partial charge in [-0.15, -0.1) is 0 Å². The monoisotopic (exact) mass is 196 g/mol.